The van der Waals surface area contributed by atoms with Crippen molar-refractivity contribution in [2.24, 2.45) is 0 Å². The van der Waals surface area contributed by atoms with E-state index in [2.05, 4.69) is 0 Å². The fourth-order valence-electron chi connectivity index (χ4n) is 2.06. The summed E-state index contributed by atoms with van der Waals surface area (Å²) in [7, 11) is 0. The summed E-state index contributed by atoms with van der Waals surface area (Å²) < 4.78 is 9.91. The van der Waals surface area contributed by atoms with E-state index in [1.165, 1.54) is 19.1 Å². The molecular weight excluding hydrogens is 298 g/mol. The van der Waals surface area contributed by atoms with E-state index in [9.17, 15) is 30.2 Å². The van der Waals surface area contributed by atoms with Gasteiger partial charge in [-0.2, -0.15) is 0 Å². The molecular formula is C13H15NO8. The molecule has 0 radical (unpaired) electrons. The van der Waals surface area contributed by atoms with Gasteiger partial charge in [-0.1, -0.05) is 0 Å². The second kappa shape index (κ2) is 5.97. The number of rotatable bonds is 4. The summed E-state index contributed by atoms with van der Waals surface area (Å²) in [6.45, 7) is 0.795. The molecule has 1 fully saturated rings. The molecule has 2 rings (SSSR count). The van der Waals surface area contributed by atoms with Crippen LogP contribution in [0.15, 0.2) is 24.3 Å². The Bertz CT molecular complexity index is 570. The molecule has 22 heavy (non-hydrogen) atoms. The zero-order valence-electron chi connectivity index (χ0n) is 11.6. The first-order chi connectivity index (χ1) is 10.2. The van der Waals surface area contributed by atoms with Crippen molar-refractivity contribution in [3.8, 4) is 0 Å². The van der Waals surface area contributed by atoms with Gasteiger partial charge in [-0.25, -0.2) is 4.79 Å². The van der Waals surface area contributed by atoms with E-state index in [0.29, 0.717) is 0 Å². The molecule has 0 aromatic heterocycles. The van der Waals surface area contributed by atoms with Crippen LogP contribution in [-0.4, -0.2) is 56.9 Å². The monoisotopic (exact) mass is 313 g/mol. The van der Waals surface area contributed by atoms with Crippen LogP contribution in [0.5, 0.6) is 0 Å². The fourth-order valence-corrected chi connectivity index (χ4v) is 2.06. The lowest BCUT2D eigenvalue weighted by Crippen LogP contribution is -2.40. The average Bonchev–Trinajstić information content (AvgIpc) is 2.68. The molecule has 0 spiro atoms. The maximum absolute atomic E-state index is 11.8. The van der Waals surface area contributed by atoms with E-state index < -0.39 is 35.0 Å². The number of non-ortho nitro benzene ring substituents is 1. The smallest absolute Gasteiger partial charge is 0.338 e. The number of aliphatic hydroxyl groups excluding tert-OH is 2. The highest BCUT2D eigenvalue weighted by atomic mass is 16.7. The summed E-state index contributed by atoms with van der Waals surface area (Å²) in [5.41, 5.74) is -0.0735. The Kier molecular flexibility index (Phi) is 4.42. The Morgan fingerprint density at radius 1 is 1.41 bits per heavy atom. The van der Waals surface area contributed by atoms with Gasteiger partial charge in [-0.3, -0.25) is 10.1 Å². The van der Waals surface area contributed by atoms with Crippen LogP contribution in [0.3, 0.4) is 0 Å². The summed E-state index contributed by atoms with van der Waals surface area (Å²) in [6.07, 6.45) is -4.00. The van der Waals surface area contributed by atoms with E-state index in [1.54, 1.807) is 0 Å². The van der Waals surface area contributed by atoms with Crippen LogP contribution >= 0.6 is 0 Å². The Balaban J connectivity index is 1.94. The van der Waals surface area contributed by atoms with Gasteiger partial charge in [-0.15, -0.1) is 0 Å². The van der Waals surface area contributed by atoms with Gasteiger partial charge in [-0.05, 0) is 19.1 Å². The number of ether oxygens (including phenoxy) is 2. The second-order valence-corrected chi connectivity index (χ2v) is 5.05. The molecule has 1 saturated heterocycles. The van der Waals surface area contributed by atoms with Gasteiger partial charge in [0.05, 0.1) is 10.5 Å². The van der Waals surface area contributed by atoms with Crippen LogP contribution in [0.1, 0.15) is 17.3 Å². The topological polar surface area (TPSA) is 139 Å². The van der Waals surface area contributed by atoms with Crippen LogP contribution < -0.4 is 0 Å². The molecule has 1 aromatic carbocycles. The molecule has 9 heteroatoms. The molecule has 3 N–H and O–H groups in total. The highest BCUT2D eigenvalue weighted by Gasteiger charge is 2.50. The van der Waals surface area contributed by atoms with Gasteiger partial charge < -0.3 is 24.8 Å². The summed E-state index contributed by atoms with van der Waals surface area (Å²) in [4.78, 5) is 21.7. The molecule has 0 saturated carbocycles. The minimum absolute atomic E-state index is 0.0883. The lowest BCUT2D eigenvalue weighted by atomic mass is 10.1. The number of aliphatic hydroxyl groups is 3. The molecule has 0 aliphatic carbocycles. The Morgan fingerprint density at radius 3 is 2.45 bits per heavy atom. The van der Waals surface area contributed by atoms with Crippen LogP contribution in [-0.2, 0) is 9.47 Å². The highest BCUT2D eigenvalue weighted by molar-refractivity contribution is 5.89. The number of nitrogens with zero attached hydrogens (tertiary/aromatic N) is 1. The van der Waals surface area contributed by atoms with E-state index >= 15 is 0 Å². The number of esters is 1. The summed E-state index contributed by atoms with van der Waals surface area (Å²) in [5, 5.41) is 39.3. The van der Waals surface area contributed by atoms with Crippen molar-refractivity contribution < 1.29 is 34.5 Å². The molecule has 4 atom stereocenters. The van der Waals surface area contributed by atoms with Crippen LogP contribution in [0, 0.1) is 10.1 Å². The molecule has 1 aliphatic heterocycles. The SMILES string of the molecule is CC1(O)O[C@H](COC(=O)c2ccc([N+](=O)[O-])cc2)[C@@H](O)[C@H]1O. The quantitative estimate of drug-likeness (QED) is 0.387. The third-order valence-corrected chi connectivity index (χ3v) is 3.34. The van der Waals surface area contributed by atoms with Gasteiger partial charge in [0.1, 0.15) is 24.9 Å². The maximum atomic E-state index is 11.8. The van der Waals surface area contributed by atoms with Gasteiger partial charge in [0.2, 0.25) is 0 Å². The van der Waals surface area contributed by atoms with Crippen molar-refractivity contribution in [2.75, 3.05) is 6.61 Å². The van der Waals surface area contributed by atoms with E-state index in [-0.39, 0.29) is 17.9 Å². The van der Waals surface area contributed by atoms with E-state index in [4.69, 9.17) is 9.47 Å². The number of nitro benzene ring substituents is 1. The minimum atomic E-state index is -1.93. The fraction of sp³-hybridized carbons (Fsp3) is 0.462. The second-order valence-electron chi connectivity index (χ2n) is 5.05. The van der Waals surface area contributed by atoms with Crippen LogP contribution in [0.4, 0.5) is 5.69 Å². The summed E-state index contributed by atoms with van der Waals surface area (Å²) in [5.74, 6) is -2.70. The van der Waals surface area contributed by atoms with Crippen molar-refractivity contribution in [1.82, 2.24) is 0 Å². The molecule has 120 valence electrons. The predicted molar refractivity (Wildman–Crippen MR) is 70.9 cm³/mol. The molecule has 0 bridgehead atoms. The number of benzene rings is 1. The number of hydrogen-bond donors (Lipinski definition) is 3. The number of carbonyl (C=O) groups is 1. The number of hydrogen-bond acceptors (Lipinski definition) is 8. The Labute approximate surface area is 124 Å². The molecule has 1 heterocycles. The molecule has 1 aromatic rings. The van der Waals surface area contributed by atoms with Crippen molar-refractivity contribution >= 4 is 11.7 Å². The average molecular weight is 313 g/mol. The minimum Gasteiger partial charge on any atom is -0.459 e. The molecule has 1 unspecified atom stereocenters. The largest absolute Gasteiger partial charge is 0.459 e. The van der Waals surface area contributed by atoms with Gasteiger partial charge in [0, 0.05) is 12.1 Å². The number of carbonyl (C=O) groups excluding carboxylic acids is 1. The first-order valence-corrected chi connectivity index (χ1v) is 6.40. The van der Waals surface area contributed by atoms with Gasteiger partial charge in [0.15, 0.2) is 5.79 Å². The van der Waals surface area contributed by atoms with Crippen LogP contribution in [0.2, 0.25) is 0 Å². The number of nitro groups is 1. The first-order valence-electron chi connectivity index (χ1n) is 6.40. The lowest BCUT2D eigenvalue weighted by Gasteiger charge is -2.19. The van der Waals surface area contributed by atoms with Crippen molar-refractivity contribution in [3.05, 3.63) is 39.9 Å². The lowest BCUT2D eigenvalue weighted by molar-refractivity contribution is -0.384. The van der Waals surface area contributed by atoms with Gasteiger partial charge in [0.25, 0.3) is 5.69 Å². The predicted octanol–water partition coefficient (Wildman–Crippen LogP) is -0.419. The van der Waals surface area contributed by atoms with Crippen molar-refractivity contribution in [1.29, 1.82) is 0 Å². The summed E-state index contributed by atoms with van der Waals surface area (Å²) >= 11 is 0. The van der Waals surface area contributed by atoms with Crippen molar-refractivity contribution in [3.63, 3.8) is 0 Å². The van der Waals surface area contributed by atoms with E-state index in [0.717, 1.165) is 12.1 Å². The normalized spacial score (nSPS) is 31.0. The molecule has 0 amide bonds. The van der Waals surface area contributed by atoms with Crippen LogP contribution in [0.25, 0.3) is 0 Å². The molecule has 9 nitrogen and oxygen atoms in total. The standard InChI is InChI=1S/C13H15NO8/c1-13(18)11(16)10(15)9(22-13)6-21-12(17)7-2-4-8(5-3-7)14(19)20/h2-5,9-11,15-16,18H,6H2,1H3/t9-,10-,11-,13?/m1/s1. The highest BCUT2D eigenvalue weighted by Crippen LogP contribution is 2.28. The first kappa shape index (κ1) is 16.3. The Hall–Kier alpha value is -2.07. The molecule has 1 aliphatic rings. The maximum Gasteiger partial charge on any atom is 0.338 e. The van der Waals surface area contributed by atoms with E-state index in [1.807, 2.05) is 0 Å². The van der Waals surface area contributed by atoms with Gasteiger partial charge >= 0.3 is 5.97 Å². The summed E-state index contributed by atoms with van der Waals surface area (Å²) in [6, 6.07) is 4.78. The zero-order chi connectivity index (χ0) is 16.5. The third kappa shape index (κ3) is 3.22. The zero-order valence-corrected chi connectivity index (χ0v) is 11.6. The van der Waals surface area contributed by atoms with Crippen molar-refractivity contribution in [2.45, 2.75) is 31.0 Å². The third-order valence-electron chi connectivity index (χ3n) is 3.34. The Morgan fingerprint density at radius 2 is 2.00 bits per heavy atom.